The van der Waals surface area contributed by atoms with E-state index in [1.54, 1.807) is 0 Å². The quantitative estimate of drug-likeness (QED) is 0.409. The van der Waals surface area contributed by atoms with Gasteiger partial charge in [0.15, 0.2) is 5.82 Å². The average molecular weight is 348 g/mol. The van der Waals surface area contributed by atoms with Gasteiger partial charge in [0.2, 0.25) is 0 Å². The molecule has 2 aromatic carbocycles. The molecule has 0 spiro atoms. The van der Waals surface area contributed by atoms with E-state index in [9.17, 15) is 0 Å². The molecular weight excluding hydrogens is 330 g/mol. The predicted octanol–water partition coefficient (Wildman–Crippen LogP) is 5.20. The molecule has 1 unspecified atom stereocenters. The molecule has 1 atom stereocenters. The number of nitrogens with two attached hydrogens (primary N) is 1. The van der Waals surface area contributed by atoms with Crippen molar-refractivity contribution in [3.05, 3.63) is 77.5 Å². The zero-order chi connectivity index (χ0) is 17.4. The van der Waals surface area contributed by atoms with Crippen molar-refractivity contribution in [1.29, 1.82) is 0 Å². The van der Waals surface area contributed by atoms with Gasteiger partial charge in [0.05, 0.1) is 10.9 Å². The van der Waals surface area contributed by atoms with Crippen molar-refractivity contribution in [2.45, 2.75) is 18.7 Å². The molecule has 0 amide bonds. The molecule has 3 nitrogen and oxygen atoms in total. The van der Waals surface area contributed by atoms with E-state index in [1.807, 2.05) is 49.5 Å². The lowest BCUT2D eigenvalue weighted by molar-refractivity contribution is 0.916. The molecule has 0 radical (unpaired) electrons. The number of halogens is 1. The van der Waals surface area contributed by atoms with Crippen molar-refractivity contribution >= 4 is 39.2 Å². The number of pyridine rings is 2. The van der Waals surface area contributed by atoms with Gasteiger partial charge < -0.3 is 5.73 Å². The van der Waals surface area contributed by atoms with Gasteiger partial charge in [-0.1, -0.05) is 42.5 Å². The topological polar surface area (TPSA) is 51.8 Å². The minimum absolute atomic E-state index is 0.0897. The summed E-state index contributed by atoms with van der Waals surface area (Å²) in [4.78, 5) is 9.05. The van der Waals surface area contributed by atoms with E-state index in [1.165, 1.54) is 0 Å². The van der Waals surface area contributed by atoms with Gasteiger partial charge in [-0.3, -0.25) is 4.98 Å². The molecule has 0 bridgehead atoms. The summed E-state index contributed by atoms with van der Waals surface area (Å²) in [5.74, 6) is 0.463. The zero-order valence-electron chi connectivity index (χ0n) is 13.9. The van der Waals surface area contributed by atoms with Gasteiger partial charge >= 0.3 is 0 Å². The Bertz CT molecular complexity index is 1060. The molecule has 0 aliphatic carbocycles. The van der Waals surface area contributed by atoms with Crippen LogP contribution in [0.15, 0.2) is 60.8 Å². The Morgan fingerprint density at radius 2 is 1.84 bits per heavy atom. The SMILES string of the molecule is Cc1ccc2c(c1)nc(N)c1ncc(CC(Cl)c3ccccc3)cc12. The van der Waals surface area contributed by atoms with Gasteiger partial charge in [0, 0.05) is 17.0 Å². The Balaban J connectivity index is 1.80. The highest BCUT2D eigenvalue weighted by Crippen LogP contribution is 2.30. The van der Waals surface area contributed by atoms with E-state index in [0.29, 0.717) is 12.2 Å². The first-order valence-electron chi connectivity index (χ1n) is 8.25. The van der Waals surface area contributed by atoms with Crippen LogP contribution in [0.25, 0.3) is 21.8 Å². The maximum absolute atomic E-state index is 6.60. The van der Waals surface area contributed by atoms with Gasteiger partial charge in [-0.2, -0.15) is 0 Å². The molecule has 2 heterocycles. The number of nitrogens with zero attached hydrogens (tertiary/aromatic N) is 2. The van der Waals surface area contributed by atoms with Crippen LogP contribution >= 0.6 is 11.6 Å². The minimum Gasteiger partial charge on any atom is -0.382 e. The van der Waals surface area contributed by atoms with Gasteiger partial charge in [-0.15, -0.1) is 11.6 Å². The summed E-state index contributed by atoms with van der Waals surface area (Å²) >= 11 is 6.60. The number of rotatable bonds is 3. The van der Waals surface area contributed by atoms with E-state index in [2.05, 4.69) is 28.2 Å². The van der Waals surface area contributed by atoms with Gasteiger partial charge in [-0.05, 0) is 42.2 Å². The second-order valence-corrected chi connectivity index (χ2v) is 6.87. The van der Waals surface area contributed by atoms with Crippen LogP contribution in [-0.4, -0.2) is 9.97 Å². The summed E-state index contributed by atoms with van der Waals surface area (Å²) in [5, 5.41) is 2.00. The number of aryl methyl sites for hydroxylation is 1. The van der Waals surface area contributed by atoms with Crippen LogP contribution < -0.4 is 5.73 Å². The molecule has 2 aromatic heterocycles. The van der Waals surface area contributed by atoms with E-state index in [4.69, 9.17) is 17.3 Å². The fourth-order valence-corrected chi connectivity index (χ4v) is 3.48. The van der Waals surface area contributed by atoms with Crippen molar-refractivity contribution in [3.63, 3.8) is 0 Å². The molecule has 4 heteroatoms. The van der Waals surface area contributed by atoms with Crippen molar-refractivity contribution in [2.24, 2.45) is 0 Å². The predicted molar refractivity (Wildman–Crippen MR) is 105 cm³/mol. The Kier molecular flexibility index (Phi) is 4.02. The molecule has 124 valence electrons. The van der Waals surface area contributed by atoms with Crippen LogP contribution in [0.5, 0.6) is 0 Å². The fraction of sp³-hybridized carbons (Fsp3) is 0.143. The molecule has 25 heavy (non-hydrogen) atoms. The first-order chi connectivity index (χ1) is 12.1. The number of anilines is 1. The minimum atomic E-state index is -0.0897. The van der Waals surface area contributed by atoms with Crippen molar-refractivity contribution in [2.75, 3.05) is 5.73 Å². The summed E-state index contributed by atoms with van der Waals surface area (Å²) in [6.07, 6.45) is 2.56. The third-order valence-electron chi connectivity index (χ3n) is 4.45. The van der Waals surface area contributed by atoms with Crippen LogP contribution in [-0.2, 0) is 6.42 Å². The second-order valence-electron chi connectivity index (χ2n) is 6.34. The summed E-state index contributed by atoms with van der Waals surface area (Å²) in [7, 11) is 0. The number of nitrogen functional groups attached to an aromatic ring is 1. The molecule has 4 rings (SSSR count). The summed E-state index contributed by atoms with van der Waals surface area (Å²) in [5.41, 5.74) is 11.1. The van der Waals surface area contributed by atoms with Crippen LogP contribution in [0.1, 0.15) is 22.1 Å². The molecule has 4 aromatic rings. The first kappa shape index (κ1) is 15.9. The number of hydrogen-bond donors (Lipinski definition) is 1. The third-order valence-corrected chi connectivity index (χ3v) is 4.85. The van der Waals surface area contributed by atoms with E-state index in [0.717, 1.165) is 38.5 Å². The third kappa shape index (κ3) is 3.03. The van der Waals surface area contributed by atoms with E-state index >= 15 is 0 Å². The lowest BCUT2D eigenvalue weighted by atomic mass is 10.0. The monoisotopic (exact) mass is 347 g/mol. The largest absolute Gasteiger partial charge is 0.382 e. The maximum Gasteiger partial charge on any atom is 0.150 e. The molecule has 0 aliphatic heterocycles. The van der Waals surface area contributed by atoms with Crippen molar-refractivity contribution in [3.8, 4) is 0 Å². The molecule has 0 saturated heterocycles. The molecule has 2 N–H and O–H groups in total. The summed E-state index contributed by atoms with van der Waals surface area (Å²) in [6, 6.07) is 18.5. The summed E-state index contributed by atoms with van der Waals surface area (Å²) in [6.45, 7) is 2.05. The van der Waals surface area contributed by atoms with E-state index in [-0.39, 0.29) is 5.38 Å². The second kappa shape index (κ2) is 6.34. The lowest BCUT2D eigenvalue weighted by Crippen LogP contribution is -1.99. The Morgan fingerprint density at radius 3 is 2.64 bits per heavy atom. The smallest absolute Gasteiger partial charge is 0.150 e. The highest BCUT2D eigenvalue weighted by molar-refractivity contribution is 6.21. The van der Waals surface area contributed by atoms with Gasteiger partial charge in [-0.25, -0.2) is 4.98 Å². The molecule has 0 saturated carbocycles. The number of benzene rings is 2. The van der Waals surface area contributed by atoms with Crippen molar-refractivity contribution in [1.82, 2.24) is 9.97 Å². The molecule has 0 aliphatic rings. The maximum atomic E-state index is 6.60. The van der Waals surface area contributed by atoms with Gasteiger partial charge in [0.25, 0.3) is 0 Å². The highest BCUT2D eigenvalue weighted by Gasteiger charge is 2.12. The van der Waals surface area contributed by atoms with Crippen LogP contribution in [0.4, 0.5) is 5.82 Å². The Labute approximate surface area is 151 Å². The Hall–Kier alpha value is -2.65. The number of aromatic nitrogens is 2. The van der Waals surface area contributed by atoms with Crippen LogP contribution in [0, 0.1) is 6.92 Å². The molecule has 0 fully saturated rings. The van der Waals surface area contributed by atoms with Crippen molar-refractivity contribution < 1.29 is 0 Å². The average Bonchev–Trinajstić information content (AvgIpc) is 2.62. The Morgan fingerprint density at radius 1 is 1.04 bits per heavy atom. The van der Waals surface area contributed by atoms with Crippen LogP contribution in [0.3, 0.4) is 0 Å². The number of alkyl halides is 1. The van der Waals surface area contributed by atoms with Gasteiger partial charge in [0.1, 0.15) is 5.52 Å². The standard InChI is InChI=1S/C21H18ClN3/c1-13-7-8-16-17-10-14(11-18(22)15-5-3-2-4-6-15)12-24-20(17)21(23)25-19(16)9-13/h2-10,12,18H,11H2,1H3,(H2,23,25). The summed E-state index contributed by atoms with van der Waals surface area (Å²) < 4.78 is 0. The number of fused-ring (bicyclic) bond motifs is 3. The normalized spacial score (nSPS) is 12.6. The lowest BCUT2D eigenvalue weighted by Gasteiger charge is -2.12. The highest BCUT2D eigenvalue weighted by atomic mass is 35.5. The fourth-order valence-electron chi connectivity index (χ4n) is 3.16. The van der Waals surface area contributed by atoms with E-state index < -0.39 is 0 Å². The number of hydrogen-bond acceptors (Lipinski definition) is 3. The molecular formula is C21H18ClN3. The zero-order valence-corrected chi connectivity index (χ0v) is 14.7. The first-order valence-corrected chi connectivity index (χ1v) is 8.69. The van der Waals surface area contributed by atoms with Crippen LogP contribution in [0.2, 0.25) is 0 Å².